The smallest absolute Gasteiger partial charge is 0.351 e. The lowest BCUT2D eigenvalue weighted by molar-refractivity contribution is -0.142. The van der Waals surface area contributed by atoms with E-state index in [0.29, 0.717) is 33.1 Å². The Hall–Kier alpha value is -2.63. The van der Waals surface area contributed by atoms with Crippen LogP contribution in [-0.2, 0) is 12.7 Å². The van der Waals surface area contributed by atoms with Gasteiger partial charge in [-0.2, -0.15) is 23.4 Å². The maximum absolute atomic E-state index is 13.7. The number of thiophene rings is 1. The molecule has 1 amide bonds. The first-order chi connectivity index (χ1) is 15.1. The summed E-state index contributed by atoms with van der Waals surface area (Å²) in [6.07, 6.45) is -2.53. The molecular formula is C19H15Cl2F3N6OS. The molecule has 0 aromatic carbocycles. The topological polar surface area (TPSA) is 77.1 Å². The van der Waals surface area contributed by atoms with Crippen LogP contribution in [0, 0.1) is 6.92 Å². The molecule has 1 N–H and O–H groups in total. The Bertz CT molecular complexity index is 1260. The molecule has 0 atom stereocenters. The number of hydrogen-bond acceptors (Lipinski definition) is 5. The summed E-state index contributed by atoms with van der Waals surface area (Å²) in [5.41, 5.74) is -0.843. The third kappa shape index (κ3) is 4.45. The van der Waals surface area contributed by atoms with Gasteiger partial charge in [0.15, 0.2) is 17.0 Å². The van der Waals surface area contributed by atoms with Crippen molar-refractivity contribution >= 4 is 46.1 Å². The van der Waals surface area contributed by atoms with E-state index in [0.717, 1.165) is 6.07 Å². The van der Waals surface area contributed by atoms with Crippen LogP contribution in [0.1, 0.15) is 28.3 Å². The van der Waals surface area contributed by atoms with E-state index >= 15 is 0 Å². The zero-order valence-electron chi connectivity index (χ0n) is 16.5. The molecule has 4 rings (SSSR count). The van der Waals surface area contributed by atoms with E-state index in [4.69, 9.17) is 23.2 Å². The highest BCUT2D eigenvalue weighted by molar-refractivity contribution is 7.13. The largest absolute Gasteiger partial charge is 0.433 e. The summed E-state index contributed by atoms with van der Waals surface area (Å²) in [4.78, 5) is 17.3. The number of nitrogens with zero attached hydrogens (tertiary/aromatic N) is 5. The van der Waals surface area contributed by atoms with Gasteiger partial charge in [-0.25, -0.2) is 9.50 Å². The highest BCUT2D eigenvalue weighted by Gasteiger charge is 2.36. The highest BCUT2D eigenvalue weighted by Crippen LogP contribution is 2.35. The van der Waals surface area contributed by atoms with Crippen LogP contribution in [0.2, 0.25) is 10.0 Å². The van der Waals surface area contributed by atoms with Gasteiger partial charge in [0.2, 0.25) is 0 Å². The molecular weight excluding hydrogens is 488 g/mol. The van der Waals surface area contributed by atoms with Gasteiger partial charge in [0, 0.05) is 19.3 Å². The van der Waals surface area contributed by atoms with Gasteiger partial charge < -0.3 is 5.32 Å². The van der Waals surface area contributed by atoms with Gasteiger partial charge in [0.1, 0.15) is 5.02 Å². The Morgan fingerprint density at radius 3 is 2.69 bits per heavy atom. The molecule has 4 heterocycles. The van der Waals surface area contributed by atoms with E-state index in [1.165, 1.54) is 11.3 Å². The second kappa shape index (κ2) is 8.72. The zero-order valence-corrected chi connectivity index (χ0v) is 18.8. The summed E-state index contributed by atoms with van der Waals surface area (Å²) < 4.78 is 43.2. The molecule has 0 aliphatic carbocycles. The van der Waals surface area contributed by atoms with E-state index in [-0.39, 0.29) is 28.6 Å². The average molecular weight is 503 g/mol. The number of amides is 1. The van der Waals surface area contributed by atoms with Crippen LogP contribution in [0.3, 0.4) is 0 Å². The molecule has 0 aliphatic heterocycles. The number of rotatable bonds is 6. The number of aryl methyl sites for hydroxylation is 2. The summed E-state index contributed by atoms with van der Waals surface area (Å²) in [6.45, 7) is 2.51. The van der Waals surface area contributed by atoms with Crippen molar-refractivity contribution in [2.24, 2.45) is 0 Å². The first-order valence-corrected chi connectivity index (χ1v) is 11.0. The van der Waals surface area contributed by atoms with Crippen LogP contribution >= 0.6 is 34.5 Å². The number of carbonyl (C=O) groups is 1. The summed E-state index contributed by atoms with van der Waals surface area (Å²) in [6, 6.07) is 4.24. The minimum Gasteiger partial charge on any atom is -0.351 e. The third-order valence-electron chi connectivity index (χ3n) is 4.55. The van der Waals surface area contributed by atoms with Gasteiger partial charge in [-0.1, -0.05) is 29.3 Å². The molecule has 0 saturated heterocycles. The molecule has 32 heavy (non-hydrogen) atoms. The Morgan fingerprint density at radius 2 is 2.06 bits per heavy atom. The molecule has 0 bridgehead atoms. The van der Waals surface area contributed by atoms with Crippen LogP contribution < -0.4 is 5.32 Å². The van der Waals surface area contributed by atoms with E-state index in [1.54, 1.807) is 35.3 Å². The second-order valence-corrected chi connectivity index (χ2v) is 8.57. The summed E-state index contributed by atoms with van der Waals surface area (Å²) in [5.74, 6) is -0.694. The van der Waals surface area contributed by atoms with Crippen molar-refractivity contribution in [3.8, 4) is 10.6 Å². The summed E-state index contributed by atoms with van der Waals surface area (Å²) >= 11 is 13.4. The number of halogens is 5. The Labute approximate surface area is 193 Å². The fourth-order valence-corrected chi connectivity index (χ4v) is 4.11. The van der Waals surface area contributed by atoms with Crippen LogP contribution in [0.25, 0.3) is 16.2 Å². The van der Waals surface area contributed by atoms with E-state index in [9.17, 15) is 18.0 Å². The van der Waals surface area contributed by atoms with Crippen LogP contribution in [0.4, 0.5) is 13.2 Å². The molecule has 7 nitrogen and oxygen atoms in total. The Morgan fingerprint density at radius 1 is 1.28 bits per heavy atom. The number of carbonyl (C=O) groups excluding carboxylic acids is 1. The minimum atomic E-state index is -4.72. The van der Waals surface area contributed by atoms with Gasteiger partial charge in [-0.15, -0.1) is 11.3 Å². The standard InChI is InChI=1S/C19H15Cl2F3N6OS/c1-10-11(20)9-29(27-10)6-3-5-25-18(31)16-15(21)17-26-12(13-4-2-7-32-13)8-14(19(22,23)24)30(17)28-16/h2,4,7-9H,3,5-6H2,1H3,(H,25,31). The van der Waals surface area contributed by atoms with Crippen LogP contribution in [-0.4, -0.2) is 36.8 Å². The Kier molecular flexibility index (Phi) is 6.15. The molecule has 0 fully saturated rings. The normalized spacial score (nSPS) is 11.9. The molecule has 4 aromatic heterocycles. The predicted octanol–water partition coefficient (Wildman–Crippen LogP) is 5.11. The van der Waals surface area contributed by atoms with Crippen LogP contribution in [0.15, 0.2) is 29.8 Å². The fourth-order valence-electron chi connectivity index (χ4n) is 3.02. The zero-order chi connectivity index (χ0) is 23.0. The van der Waals surface area contributed by atoms with Crippen molar-refractivity contribution in [1.29, 1.82) is 0 Å². The van der Waals surface area contributed by atoms with E-state index in [1.807, 2.05) is 0 Å². The quantitative estimate of drug-likeness (QED) is 0.371. The maximum Gasteiger partial charge on any atom is 0.433 e. The SMILES string of the molecule is Cc1nn(CCCNC(=O)c2nn3c(C(F)(F)F)cc(-c4cccs4)nc3c2Cl)cc1Cl. The van der Waals surface area contributed by atoms with Crippen molar-refractivity contribution in [2.45, 2.75) is 26.1 Å². The minimum absolute atomic E-state index is 0.0989. The lowest BCUT2D eigenvalue weighted by atomic mass is 10.2. The summed E-state index contributed by atoms with van der Waals surface area (Å²) in [5, 5.41) is 12.7. The number of hydrogen-bond donors (Lipinski definition) is 1. The first-order valence-electron chi connectivity index (χ1n) is 9.33. The van der Waals surface area contributed by atoms with Crippen LogP contribution in [0.5, 0.6) is 0 Å². The molecule has 0 saturated carbocycles. The van der Waals surface area contributed by atoms with Crippen molar-refractivity contribution in [1.82, 2.24) is 29.7 Å². The monoisotopic (exact) mass is 502 g/mol. The van der Waals surface area contributed by atoms with Gasteiger partial charge in [0.25, 0.3) is 5.91 Å². The number of aromatic nitrogens is 5. The Balaban J connectivity index is 1.57. The van der Waals surface area contributed by atoms with E-state index < -0.39 is 17.8 Å². The summed E-state index contributed by atoms with van der Waals surface area (Å²) in [7, 11) is 0. The van der Waals surface area contributed by atoms with Crippen molar-refractivity contribution in [2.75, 3.05) is 6.54 Å². The molecule has 4 aromatic rings. The van der Waals surface area contributed by atoms with Crippen molar-refractivity contribution < 1.29 is 18.0 Å². The highest BCUT2D eigenvalue weighted by atomic mass is 35.5. The van der Waals surface area contributed by atoms with Gasteiger partial charge >= 0.3 is 6.18 Å². The van der Waals surface area contributed by atoms with Crippen molar-refractivity contribution in [3.05, 3.63) is 56.9 Å². The lowest BCUT2D eigenvalue weighted by Gasteiger charge is -2.10. The lowest BCUT2D eigenvalue weighted by Crippen LogP contribution is -2.26. The van der Waals surface area contributed by atoms with Crippen molar-refractivity contribution in [3.63, 3.8) is 0 Å². The predicted molar refractivity (Wildman–Crippen MR) is 115 cm³/mol. The van der Waals surface area contributed by atoms with E-state index in [2.05, 4.69) is 20.5 Å². The van der Waals surface area contributed by atoms with Gasteiger partial charge in [0.05, 0.1) is 21.3 Å². The number of alkyl halides is 3. The average Bonchev–Trinajstić information content (AvgIpc) is 3.45. The molecule has 0 spiro atoms. The number of fused-ring (bicyclic) bond motifs is 1. The second-order valence-electron chi connectivity index (χ2n) is 6.83. The maximum atomic E-state index is 13.7. The molecule has 0 aliphatic rings. The fraction of sp³-hybridized carbons (Fsp3) is 0.263. The van der Waals surface area contributed by atoms with Gasteiger partial charge in [-0.3, -0.25) is 9.48 Å². The molecule has 168 valence electrons. The third-order valence-corrected chi connectivity index (χ3v) is 6.16. The molecule has 0 unspecified atom stereocenters. The number of nitrogens with one attached hydrogen (secondary N) is 1. The van der Waals surface area contributed by atoms with Gasteiger partial charge in [-0.05, 0) is 30.9 Å². The molecule has 0 radical (unpaired) electrons. The molecule has 13 heteroatoms. The first kappa shape index (κ1) is 22.6.